The van der Waals surface area contributed by atoms with Crippen LogP contribution in [0.1, 0.15) is 0 Å². The van der Waals surface area contributed by atoms with Gasteiger partial charge < -0.3 is 13.7 Å². The fourth-order valence-electron chi connectivity index (χ4n) is 7.60. The molecule has 52 heavy (non-hydrogen) atoms. The van der Waals surface area contributed by atoms with Gasteiger partial charge in [0.05, 0.1) is 0 Å². The van der Waals surface area contributed by atoms with Crippen LogP contribution in [-0.4, -0.2) is 4.98 Å². The number of hydrogen-bond acceptors (Lipinski definition) is 5. The molecule has 0 fully saturated rings. The van der Waals surface area contributed by atoms with E-state index in [2.05, 4.69) is 138 Å². The standard InChI is InChI=1S/C47H28N2O2S/c1-2-10-31(11-3-1)47-48-41-28-43-40(27-44(41)51-47)39-25-33(22-24-42(39)50-43)49(34-21-23-38-37-14-6-7-16-45(37)52-46(38)26-34)32-19-17-30(18-20-32)36-15-8-12-29-9-4-5-13-35(29)36/h1-28H. The van der Waals surface area contributed by atoms with Crippen LogP contribution in [0.2, 0.25) is 0 Å². The Kier molecular flexibility index (Phi) is 6.39. The van der Waals surface area contributed by atoms with Crippen molar-refractivity contribution in [1.82, 2.24) is 4.98 Å². The lowest BCUT2D eigenvalue weighted by atomic mass is 9.98. The van der Waals surface area contributed by atoms with Crippen LogP contribution in [0, 0.1) is 0 Å². The van der Waals surface area contributed by atoms with Gasteiger partial charge in [-0.25, -0.2) is 4.98 Å². The van der Waals surface area contributed by atoms with Crippen molar-refractivity contribution in [2.45, 2.75) is 0 Å². The van der Waals surface area contributed by atoms with E-state index in [1.807, 2.05) is 47.7 Å². The van der Waals surface area contributed by atoms with Gasteiger partial charge in [-0.1, -0.05) is 97.1 Å². The van der Waals surface area contributed by atoms with Crippen LogP contribution in [0.3, 0.4) is 0 Å². The Hall–Kier alpha value is -6.69. The number of benzene rings is 8. The normalized spacial score (nSPS) is 11.8. The number of oxazole rings is 1. The summed E-state index contributed by atoms with van der Waals surface area (Å²) < 4.78 is 15.2. The summed E-state index contributed by atoms with van der Waals surface area (Å²) in [6.07, 6.45) is 0. The first-order valence-electron chi connectivity index (χ1n) is 17.4. The number of nitrogens with zero attached hydrogens (tertiary/aromatic N) is 2. The molecule has 5 heteroatoms. The molecule has 0 spiro atoms. The van der Waals surface area contributed by atoms with Crippen molar-refractivity contribution >= 4 is 92.4 Å². The lowest BCUT2D eigenvalue weighted by Gasteiger charge is -2.26. The van der Waals surface area contributed by atoms with Crippen LogP contribution in [0.5, 0.6) is 0 Å². The van der Waals surface area contributed by atoms with Crippen LogP contribution in [0.25, 0.3) is 86.6 Å². The third kappa shape index (κ3) is 4.64. The third-order valence-corrected chi connectivity index (χ3v) is 11.2. The van der Waals surface area contributed by atoms with Crippen LogP contribution in [0.15, 0.2) is 179 Å². The lowest BCUT2D eigenvalue weighted by molar-refractivity contribution is 0.620. The van der Waals surface area contributed by atoms with E-state index in [1.165, 1.54) is 42.1 Å². The Bertz CT molecular complexity index is 3130. The van der Waals surface area contributed by atoms with Crippen molar-refractivity contribution in [3.63, 3.8) is 0 Å². The molecule has 4 nitrogen and oxygen atoms in total. The second kappa shape index (κ2) is 11.4. The zero-order valence-electron chi connectivity index (χ0n) is 27.8. The first-order valence-corrected chi connectivity index (χ1v) is 18.2. The van der Waals surface area contributed by atoms with Gasteiger partial charge in [0.15, 0.2) is 5.58 Å². The molecule has 0 amide bonds. The number of fused-ring (bicyclic) bond motifs is 8. The second-order valence-corrected chi connectivity index (χ2v) is 14.3. The van der Waals surface area contributed by atoms with E-state index in [4.69, 9.17) is 13.8 Å². The number of thiophene rings is 1. The smallest absolute Gasteiger partial charge is 0.227 e. The van der Waals surface area contributed by atoms with E-state index in [-0.39, 0.29) is 0 Å². The van der Waals surface area contributed by atoms with E-state index >= 15 is 0 Å². The van der Waals surface area contributed by atoms with Gasteiger partial charge in [-0.2, -0.15) is 0 Å². The summed E-state index contributed by atoms with van der Waals surface area (Å²) in [6, 6.07) is 60.0. The maximum absolute atomic E-state index is 6.41. The number of anilines is 3. The van der Waals surface area contributed by atoms with Gasteiger partial charge in [0.1, 0.15) is 16.7 Å². The highest BCUT2D eigenvalue weighted by Crippen LogP contribution is 2.43. The van der Waals surface area contributed by atoms with Crippen molar-refractivity contribution < 1.29 is 8.83 Å². The highest BCUT2D eigenvalue weighted by Gasteiger charge is 2.19. The molecule has 244 valence electrons. The van der Waals surface area contributed by atoms with Crippen molar-refractivity contribution in [2.75, 3.05) is 4.90 Å². The molecule has 0 bridgehead atoms. The Balaban J connectivity index is 1.07. The minimum Gasteiger partial charge on any atom is -0.456 e. The van der Waals surface area contributed by atoms with Gasteiger partial charge in [-0.05, 0) is 88.6 Å². The van der Waals surface area contributed by atoms with Crippen LogP contribution in [0.4, 0.5) is 17.1 Å². The van der Waals surface area contributed by atoms with Crippen LogP contribution < -0.4 is 4.90 Å². The van der Waals surface area contributed by atoms with Gasteiger partial charge in [0.2, 0.25) is 5.89 Å². The first kappa shape index (κ1) is 29.1. The highest BCUT2D eigenvalue weighted by atomic mass is 32.1. The van der Waals surface area contributed by atoms with Gasteiger partial charge in [-0.3, -0.25) is 0 Å². The van der Waals surface area contributed by atoms with Gasteiger partial charge in [0, 0.05) is 59.6 Å². The van der Waals surface area contributed by atoms with Gasteiger partial charge in [-0.15, -0.1) is 11.3 Å². The van der Waals surface area contributed by atoms with E-state index in [0.29, 0.717) is 5.89 Å². The predicted molar refractivity (Wildman–Crippen MR) is 217 cm³/mol. The minimum absolute atomic E-state index is 0.600. The number of hydrogen-bond donors (Lipinski definition) is 0. The molecule has 0 unspecified atom stereocenters. The average molecular weight is 685 g/mol. The molecule has 0 atom stereocenters. The maximum atomic E-state index is 6.41. The Morgan fingerprint density at radius 2 is 1.13 bits per heavy atom. The summed E-state index contributed by atoms with van der Waals surface area (Å²) >= 11 is 1.83. The molecule has 0 N–H and O–H groups in total. The number of furan rings is 1. The zero-order valence-corrected chi connectivity index (χ0v) is 28.6. The summed E-state index contributed by atoms with van der Waals surface area (Å²) in [5.41, 5.74) is 9.66. The minimum atomic E-state index is 0.600. The molecular weight excluding hydrogens is 657 g/mol. The molecule has 0 saturated heterocycles. The van der Waals surface area contributed by atoms with Crippen molar-refractivity contribution in [3.8, 4) is 22.6 Å². The molecule has 3 heterocycles. The molecule has 3 aromatic heterocycles. The molecule has 0 aliphatic carbocycles. The maximum Gasteiger partial charge on any atom is 0.227 e. The third-order valence-electron chi connectivity index (χ3n) is 10.1. The summed E-state index contributed by atoms with van der Waals surface area (Å²) in [5, 5.41) is 7.07. The Morgan fingerprint density at radius 1 is 0.423 bits per heavy atom. The zero-order chi connectivity index (χ0) is 34.2. The van der Waals surface area contributed by atoms with Crippen LogP contribution in [-0.2, 0) is 0 Å². The average Bonchev–Trinajstić information content (AvgIpc) is 3.90. The number of rotatable bonds is 5. The van der Waals surface area contributed by atoms with Crippen molar-refractivity contribution in [1.29, 1.82) is 0 Å². The number of aromatic nitrogens is 1. The van der Waals surface area contributed by atoms with Crippen molar-refractivity contribution in [2.24, 2.45) is 0 Å². The SMILES string of the molecule is c1ccc(-c2nc3cc4oc5ccc(N(c6ccc(-c7cccc8ccccc78)cc6)c6ccc7c(c6)sc6ccccc67)cc5c4cc3o2)cc1. The highest BCUT2D eigenvalue weighted by molar-refractivity contribution is 7.25. The van der Waals surface area contributed by atoms with E-state index in [9.17, 15) is 0 Å². The van der Waals surface area contributed by atoms with Gasteiger partial charge in [0.25, 0.3) is 0 Å². The van der Waals surface area contributed by atoms with Crippen LogP contribution >= 0.6 is 11.3 Å². The quantitative estimate of drug-likeness (QED) is 0.181. The molecule has 0 saturated carbocycles. The molecule has 0 aliphatic heterocycles. The molecule has 8 aromatic carbocycles. The molecule has 11 rings (SSSR count). The van der Waals surface area contributed by atoms with E-state index in [1.54, 1.807) is 0 Å². The molecule has 11 aromatic rings. The predicted octanol–water partition coefficient (Wildman–Crippen LogP) is 14.1. The molecular formula is C47H28N2O2S. The van der Waals surface area contributed by atoms with Crippen molar-refractivity contribution in [3.05, 3.63) is 170 Å². The summed E-state index contributed by atoms with van der Waals surface area (Å²) in [4.78, 5) is 7.12. The molecule has 0 radical (unpaired) electrons. The Morgan fingerprint density at radius 3 is 2.04 bits per heavy atom. The fourth-order valence-corrected chi connectivity index (χ4v) is 8.74. The summed E-state index contributed by atoms with van der Waals surface area (Å²) in [6.45, 7) is 0. The lowest BCUT2D eigenvalue weighted by Crippen LogP contribution is -2.09. The second-order valence-electron chi connectivity index (χ2n) is 13.2. The Labute approximate surface area is 302 Å². The fraction of sp³-hybridized carbons (Fsp3) is 0. The van der Waals surface area contributed by atoms with E-state index < -0.39 is 0 Å². The summed E-state index contributed by atoms with van der Waals surface area (Å²) in [7, 11) is 0. The topological polar surface area (TPSA) is 42.4 Å². The van der Waals surface area contributed by atoms with Gasteiger partial charge >= 0.3 is 0 Å². The van der Waals surface area contributed by atoms with E-state index in [0.717, 1.165) is 55.7 Å². The summed E-state index contributed by atoms with van der Waals surface area (Å²) in [5.74, 6) is 0.600. The monoisotopic (exact) mass is 684 g/mol. The largest absolute Gasteiger partial charge is 0.456 e. The molecule has 0 aliphatic rings. The first-order chi connectivity index (χ1) is 25.7.